The Morgan fingerprint density at radius 2 is 1.00 bits per heavy atom. The van der Waals surface area contributed by atoms with Crippen LogP contribution in [0.2, 0.25) is 0 Å². The van der Waals surface area contributed by atoms with Crippen molar-refractivity contribution in [3.63, 3.8) is 0 Å². The number of amides is 10. The number of fused-ring (bicyclic) bond motifs is 5. The summed E-state index contributed by atoms with van der Waals surface area (Å²) >= 11 is 0. The van der Waals surface area contributed by atoms with Crippen LogP contribution >= 0.6 is 0 Å². The van der Waals surface area contributed by atoms with E-state index in [4.69, 9.17) is 18.6 Å². The molecule has 552 valence electrons. The molecule has 0 aliphatic carbocycles. The van der Waals surface area contributed by atoms with Crippen molar-refractivity contribution in [2.75, 3.05) is 59.7 Å². The lowest BCUT2D eigenvalue weighted by Gasteiger charge is -2.36. The maximum atomic E-state index is 15.9. The molecule has 0 saturated carbocycles. The summed E-state index contributed by atoms with van der Waals surface area (Å²) in [4.78, 5) is 187. The number of rotatable bonds is 9. The average Bonchev–Trinajstić information content (AvgIpc) is 1.44. The van der Waals surface area contributed by atoms with E-state index in [9.17, 15) is 42.7 Å². The third-order valence-corrected chi connectivity index (χ3v) is 19.4. The largest absolute Gasteiger partial charge is 0.458 e. The van der Waals surface area contributed by atoms with E-state index < -0.39 is 237 Å². The van der Waals surface area contributed by atoms with E-state index in [0.29, 0.717) is 12.8 Å². The van der Waals surface area contributed by atoms with Gasteiger partial charge in [-0.3, -0.25) is 47.9 Å². The van der Waals surface area contributed by atoms with E-state index in [-0.39, 0.29) is 54.2 Å². The number of carbonyl (C=O) groups is 12. The van der Waals surface area contributed by atoms with Crippen LogP contribution in [0.4, 0.5) is 33.3 Å². The summed E-state index contributed by atoms with van der Waals surface area (Å²) in [6.45, 7) is 17.3. The molecule has 102 heavy (non-hydrogen) atoms. The number of aryl methyl sites for hydroxylation is 2. The van der Waals surface area contributed by atoms with Gasteiger partial charge in [-0.15, -0.1) is 0 Å². The quantitative estimate of drug-likeness (QED) is 0.0567. The molecule has 1 aromatic heterocycles. The zero-order valence-electron chi connectivity index (χ0n) is 59.4. The second-order valence-electron chi connectivity index (χ2n) is 28.0. The van der Waals surface area contributed by atoms with Crippen molar-refractivity contribution in [1.82, 2.24) is 55.7 Å². The van der Waals surface area contributed by atoms with Crippen LogP contribution in [0.25, 0.3) is 22.6 Å². The lowest BCUT2D eigenvalue weighted by atomic mass is 9.98. The molecule has 10 amide bonds. The first-order valence-electron chi connectivity index (χ1n) is 33.6. The average molecular weight is 1430 g/mol. The molecule has 10 atom stereocenters. The monoisotopic (exact) mass is 1430 g/mol. The summed E-state index contributed by atoms with van der Waals surface area (Å²) in [7, 11) is 5.39. The second kappa shape index (κ2) is 29.9. The van der Waals surface area contributed by atoms with Crippen molar-refractivity contribution in [2.24, 2.45) is 23.7 Å². The zero-order chi connectivity index (χ0) is 75.4. The van der Waals surface area contributed by atoms with Crippen LogP contribution in [0, 0.1) is 66.6 Å². The smallest absolute Gasteiger partial charge is 0.329 e. The number of nitrogens with one attached hydrogen (secondary N) is 5. The van der Waals surface area contributed by atoms with Crippen LogP contribution in [-0.2, 0) is 57.4 Å². The number of nitrogens with zero attached hydrogens (tertiary/aromatic N) is 7. The summed E-state index contributed by atoms with van der Waals surface area (Å²) in [6.07, 6.45) is -2.21. The number of cyclic esters (lactones) is 2. The molecule has 4 aromatic rings. The molecule has 28 nitrogen and oxygen atoms in total. The minimum atomic E-state index is -2.53. The van der Waals surface area contributed by atoms with Gasteiger partial charge < -0.3 is 74.6 Å². The van der Waals surface area contributed by atoms with E-state index in [2.05, 4.69) is 31.6 Å². The minimum Gasteiger partial charge on any atom is -0.458 e. The first-order chi connectivity index (χ1) is 47.8. The number of ether oxygens (including phenoxy) is 3. The highest BCUT2D eigenvalue weighted by molar-refractivity contribution is 6.16. The zero-order valence-corrected chi connectivity index (χ0v) is 59.4. The van der Waals surface area contributed by atoms with Crippen LogP contribution in [0.1, 0.15) is 127 Å². The first-order valence-corrected chi connectivity index (χ1v) is 33.6. The second-order valence-corrected chi connectivity index (χ2v) is 28.0. The number of aromatic nitrogens is 1. The van der Waals surface area contributed by atoms with Gasteiger partial charge in [0.2, 0.25) is 59.0 Å². The SMILES string of the molecule is Cc1ccc(C(=O)N[C@@H]2C(=O)N[C@H](C(C)C)C(=O)N3CCC[C@H]3C(=O)N(C)CC(=O)N(C)[C@@H](C(C)C)C(=O)O[C@@H]2C)c2c1Oc1c(c(C(=O)N[C@H]3C(=O)N[C@H](C(C)C)C(=O)N4CCC[C@H]4C(=O)N(C)CC(=O)N(C)[C@@H](C(C)C)C(=O)O[C@H]3C)c3nc(-c4c(F)c(F)c(F)c(F)c4F)oc3c1C)N2. The highest BCUT2D eigenvalue weighted by atomic mass is 19.2. The van der Waals surface area contributed by atoms with Gasteiger partial charge in [-0.2, -0.15) is 0 Å². The fourth-order valence-corrected chi connectivity index (χ4v) is 13.7. The molecule has 0 unspecified atom stereocenters. The Labute approximate surface area is 584 Å². The Hall–Kier alpha value is -9.98. The van der Waals surface area contributed by atoms with Gasteiger partial charge >= 0.3 is 11.9 Å². The standard InChI is InChI=1S/C69H85F5N12O16/c1-27(2)47-66(95)85-23-17-19-36(85)64(93)81(13)25-38(87)83(15)54(29(5)6)68(97)99-33(11)49(61(91)76-47)78-59(89)35-22-21-31(9)56-51(35)75-52-41(53-58(32(10)57(52)101-56)102-63(80-53)40-42(70)44(72)46(74)45(73)43(40)71)60(90)79-50-34(12)100-69(98)55(30(7)8)84(16)39(88)26-82(14)65(94)37-20-18-24-86(37)67(96)48(28(3)4)77-62(50)92/h21-22,27-30,33-34,36-37,47-50,54-55,75H,17-20,23-26H2,1-16H3,(H,76,91)(H,77,92)(H,78,89)(H,79,90)/t33-,34+,36+,37+,47-,48-,49+,50-,54+,55+/m1/s1. The molecule has 9 rings (SSSR count). The number of likely N-dealkylation sites (N-methyl/N-ethyl adjacent to an activating group) is 4. The topological polar surface area (TPSA) is 338 Å². The molecule has 0 radical (unpaired) electrons. The molecule has 3 aromatic carbocycles. The van der Waals surface area contributed by atoms with Crippen LogP contribution in [0.3, 0.4) is 0 Å². The molecule has 4 fully saturated rings. The van der Waals surface area contributed by atoms with Crippen molar-refractivity contribution in [3.05, 3.63) is 63.5 Å². The van der Waals surface area contributed by atoms with Gasteiger partial charge in [0.1, 0.15) is 71.6 Å². The fraction of sp³-hybridized carbons (Fsp3) is 0.551. The van der Waals surface area contributed by atoms with E-state index in [1.54, 1.807) is 55.4 Å². The van der Waals surface area contributed by atoms with Crippen molar-refractivity contribution in [3.8, 4) is 23.0 Å². The highest BCUT2D eigenvalue weighted by Crippen LogP contribution is 2.52. The van der Waals surface area contributed by atoms with Gasteiger partial charge in [-0.25, -0.2) is 36.5 Å². The van der Waals surface area contributed by atoms with Crippen LogP contribution in [-0.4, -0.2) is 220 Å². The van der Waals surface area contributed by atoms with Gasteiger partial charge in [-0.05, 0) is 88.7 Å². The number of esters is 2. The van der Waals surface area contributed by atoms with E-state index in [1.165, 1.54) is 77.8 Å². The Morgan fingerprint density at radius 3 is 1.43 bits per heavy atom. The molecule has 4 saturated heterocycles. The lowest BCUT2D eigenvalue weighted by Crippen LogP contribution is -2.61. The van der Waals surface area contributed by atoms with E-state index in [1.807, 2.05) is 0 Å². The van der Waals surface area contributed by atoms with Gasteiger partial charge in [0.05, 0.1) is 35.6 Å². The third-order valence-electron chi connectivity index (χ3n) is 19.4. The Morgan fingerprint density at radius 1 is 0.569 bits per heavy atom. The maximum Gasteiger partial charge on any atom is 0.329 e. The molecule has 6 heterocycles. The number of anilines is 2. The summed E-state index contributed by atoms with van der Waals surface area (Å²) in [6, 6.07) is -8.96. The molecule has 5 N–H and O–H groups in total. The third kappa shape index (κ3) is 14.3. The number of carbonyl (C=O) groups excluding carboxylic acids is 12. The first kappa shape index (κ1) is 76.2. The Balaban J connectivity index is 1.18. The molecule has 0 bridgehead atoms. The van der Waals surface area contributed by atoms with Crippen molar-refractivity contribution >= 4 is 93.5 Å². The minimum absolute atomic E-state index is 0.0642. The predicted octanol–water partition coefficient (Wildman–Crippen LogP) is 4.89. The van der Waals surface area contributed by atoms with Gasteiger partial charge in [0, 0.05) is 46.8 Å². The molecule has 0 spiro atoms. The molecular weight excluding hydrogens is 1350 g/mol. The van der Waals surface area contributed by atoms with Gasteiger partial charge in [0.15, 0.2) is 40.4 Å². The van der Waals surface area contributed by atoms with Gasteiger partial charge in [-0.1, -0.05) is 61.5 Å². The fourth-order valence-electron chi connectivity index (χ4n) is 13.7. The molecule has 33 heteroatoms. The van der Waals surface area contributed by atoms with Crippen molar-refractivity contribution in [1.29, 1.82) is 0 Å². The number of halogens is 5. The van der Waals surface area contributed by atoms with Crippen LogP contribution in [0.15, 0.2) is 16.5 Å². The highest BCUT2D eigenvalue weighted by Gasteiger charge is 2.48. The maximum absolute atomic E-state index is 15.9. The number of hydrogen-bond acceptors (Lipinski definition) is 18. The van der Waals surface area contributed by atoms with E-state index >= 15 is 36.7 Å². The van der Waals surface area contributed by atoms with E-state index in [0.717, 1.165) is 19.6 Å². The Bertz CT molecular complexity index is 4100. The molecule has 5 aliphatic heterocycles. The number of hydrogen-bond donors (Lipinski definition) is 5. The van der Waals surface area contributed by atoms with Crippen LogP contribution in [0.5, 0.6) is 11.5 Å². The van der Waals surface area contributed by atoms with Crippen LogP contribution < -0.4 is 31.3 Å². The Kier molecular flexibility index (Phi) is 22.4. The van der Waals surface area contributed by atoms with Crippen molar-refractivity contribution in [2.45, 2.75) is 169 Å². The molecule has 5 aliphatic rings. The van der Waals surface area contributed by atoms with Crippen molar-refractivity contribution < 1.29 is 98.1 Å². The summed E-state index contributed by atoms with van der Waals surface area (Å²) in [5.41, 5.74) is -4.89. The molecular formula is C69H85F5N12O16. The predicted molar refractivity (Wildman–Crippen MR) is 353 cm³/mol. The number of oxazole rings is 1. The normalized spacial score (nSPS) is 24.8. The summed E-state index contributed by atoms with van der Waals surface area (Å²) in [5.74, 6) is -27.6. The lowest BCUT2D eigenvalue weighted by molar-refractivity contribution is -0.163. The van der Waals surface area contributed by atoms with Gasteiger partial charge in [0.25, 0.3) is 11.8 Å². The number of benzene rings is 3. The summed E-state index contributed by atoms with van der Waals surface area (Å²) < 4.78 is 101. The summed E-state index contributed by atoms with van der Waals surface area (Å²) in [5, 5.41) is 13.5.